The zero-order valence-corrected chi connectivity index (χ0v) is 11.0. The topological polar surface area (TPSA) is 75.4 Å². The first-order chi connectivity index (χ1) is 8.54. The zero-order valence-electron chi connectivity index (χ0n) is 10.2. The fraction of sp³-hybridized carbons (Fsp3) is 0.500. The molecule has 1 atom stereocenters. The highest BCUT2D eigenvalue weighted by molar-refractivity contribution is 6.32. The Morgan fingerprint density at radius 2 is 2.28 bits per heavy atom. The summed E-state index contributed by atoms with van der Waals surface area (Å²) in [4.78, 5) is 10.2. The van der Waals surface area contributed by atoms with Crippen LogP contribution in [0.2, 0.25) is 5.02 Å². The molecule has 1 unspecified atom stereocenters. The van der Waals surface area contributed by atoms with Gasteiger partial charge in [0.15, 0.2) is 0 Å². The van der Waals surface area contributed by atoms with E-state index in [-0.39, 0.29) is 16.8 Å². The van der Waals surface area contributed by atoms with Gasteiger partial charge >= 0.3 is 0 Å². The minimum absolute atomic E-state index is 0.0925. The minimum Gasteiger partial charge on any atom is -0.392 e. The lowest BCUT2D eigenvalue weighted by atomic mass is 10.2. The highest BCUT2D eigenvalue weighted by Gasteiger charge is 2.12. The minimum atomic E-state index is -0.502. The van der Waals surface area contributed by atoms with Crippen LogP contribution < -0.4 is 5.32 Å². The number of nitro groups is 1. The van der Waals surface area contributed by atoms with Gasteiger partial charge in [-0.15, -0.1) is 0 Å². The number of nitrogens with zero attached hydrogens (tertiary/aromatic N) is 1. The first-order valence-electron chi connectivity index (χ1n) is 5.86. The Morgan fingerprint density at radius 1 is 1.56 bits per heavy atom. The van der Waals surface area contributed by atoms with Crippen LogP contribution in [0.15, 0.2) is 18.2 Å². The van der Waals surface area contributed by atoms with Crippen molar-refractivity contribution in [1.29, 1.82) is 0 Å². The molecule has 0 saturated heterocycles. The molecule has 1 aromatic carbocycles. The van der Waals surface area contributed by atoms with Crippen LogP contribution in [-0.4, -0.2) is 22.7 Å². The molecule has 5 nitrogen and oxygen atoms in total. The van der Waals surface area contributed by atoms with Crippen LogP contribution in [0.25, 0.3) is 0 Å². The maximum atomic E-state index is 10.7. The second kappa shape index (κ2) is 7.31. The van der Waals surface area contributed by atoms with Gasteiger partial charge < -0.3 is 10.4 Å². The third-order valence-corrected chi connectivity index (χ3v) is 2.86. The van der Waals surface area contributed by atoms with Crippen LogP contribution in [0.5, 0.6) is 0 Å². The maximum Gasteiger partial charge on any atom is 0.288 e. The lowest BCUT2D eigenvalue weighted by Gasteiger charge is -2.10. The summed E-state index contributed by atoms with van der Waals surface area (Å²) in [6.07, 6.45) is 1.29. The van der Waals surface area contributed by atoms with Crippen molar-refractivity contribution in [3.63, 3.8) is 0 Å². The number of nitrogens with one attached hydrogen (secondary N) is 1. The molecule has 0 aliphatic carbocycles. The second-order valence-electron chi connectivity index (χ2n) is 4.12. The van der Waals surface area contributed by atoms with E-state index in [0.717, 1.165) is 18.4 Å². The molecular formula is C12H17ClN2O3. The number of rotatable bonds is 7. The van der Waals surface area contributed by atoms with Gasteiger partial charge in [-0.1, -0.05) is 31.0 Å². The number of aliphatic hydroxyl groups is 1. The highest BCUT2D eigenvalue weighted by atomic mass is 35.5. The summed E-state index contributed by atoms with van der Waals surface area (Å²) in [7, 11) is 0. The Balaban J connectivity index is 2.53. The van der Waals surface area contributed by atoms with Crippen molar-refractivity contribution in [3.05, 3.63) is 38.9 Å². The van der Waals surface area contributed by atoms with Crippen LogP contribution >= 0.6 is 11.6 Å². The number of hydrogen-bond donors (Lipinski definition) is 2. The molecule has 100 valence electrons. The van der Waals surface area contributed by atoms with Gasteiger partial charge in [-0.05, 0) is 18.1 Å². The third kappa shape index (κ3) is 4.60. The molecule has 0 spiro atoms. The van der Waals surface area contributed by atoms with E-state index in [1.54, 1.807) is 6.07 Å². The molecule has 0 bridgehead atoms. The van der Waals surface area contributed by atoms with Gasteiger partial charge in [-0.3, -0.25) is 10.1 Å². The van der Waals surface area contributed by atoms with Gasteiger partial charge in [-0.2, -0.15) is 0 Å². The lowest BCUT2D eigenvalue weighted by Crippen LogP contribution is -2.26. The Hall–Kier alpha value is -1.17. The summed E-state index contributed by atoms with van der Waals surface area (Å²) in [5, 5.41) is 23.4. The fourth-order valence-corrected chi connectivity index (χ4v) is 1.81. The van der Waals surface area contributed by atoms with E-state index in [2.05, 4.69) is 5.32 Å². The van der Waals surface area contributed by atoms with Crippen molar-refractivity contribution in [2.75, 3.05) is 6.54 Å². The molecule has 0 aliphatic heterocycles. The number of halogens is 1. The Morgan fingerprint density at radius 3 is 2.89 bits per heavy atom. The van der Waals surface area contributed by atoms with Crippen LogP contribution in [0.1, 0.15) is 25.3 Å². The lowest BCUT2D eigenvalue weighted by molar-refractivity contribution is -0.384. The predicted molar refractivity (Wildman–Crippen MR) is 70.7 cm³/mol. The summed E-state index contributed by atoms with van der Waals surface area (Å²) < 4.78 is 0. The van der Waals surface area contributed by atoms with Crippen LogP contribution in [0, 0.1) is 10.1 Å². The molecular weight excluding hydrogens is 256 g/mol. The molecule has 0 heterocycles. The molecule has 6 heteroatoms. The first kappa shape index (κ1) is 14.9. The van der Waals surface area contributed by atoms with Crippen LogP contribution in [0.4, 0.5) is 5.69 Å². The summed E-state index contributed by atoms with van der Waals surface area (Å²) in [6, 6.07) is 4.69. The van der Waals surface area contributed by atoms with Crippen molar-refractivity contribution in [2.24, 2.45) is 0 Å². The molecule has 0 amide bonds. The second-order valence-corrected chi connectivity index (χ2v) is 4.52. The van der Waals surface area contributed by atoms with E-state index in [0.29, 0.717) is 13.1 Å². The third-order valence-electron chi connectivity index (χ3n) is 2.54. The number of nitro benzene ring substituents is 1. The van der Waals surface area contributed by atoms with Gasteiger partial charge in [0.1, 0.15) is 5.02 Å². The largest absolute Gasteiger partial charge is 0.392 e. The molecule has 0 fully saturated rings. The van der Waals surface area contributed by atoms with Crippen molar-refractivity contribution < 1.29 is 10.0 Å². The monoisotopic (exact) mass is 272 g/mol. The quantitative estimate of drug-likeness (QED) is 0.591. The maximum absolute atomic E-state index is 10.7. The van der Waals surface area contributed by atoms with Gasteiger partial charge in [0.25, 0.3) is 5.69 Å². The molecule has 2 N–H and O–H groups in total. The number of hydrogen-bond acceptors (Lipinski definition) is 4. The van der Waals surface area contributed by atoms with Gasteiger partial charge in [0.05, 0.1) is 11.0 Å². The Kier molecular flexibility index (Phi) is 6.04. The van der Waals surface area contributed by atoms with Crippen LogP contribution in [-0.2, 0) is 6.54 Å². The van der Waals surface area contributed by atoms with Crippen molar-refractivity contribution >= 4 is 17.3 Å². The summed E-state index contributed by atoms with van der Waals surface area (Å²) in [5.41, 5.74) is 0.680. The summed E-state index contributed by atoms with van der Waals surface area (Å²) in [5.74, 6) is 0. The molecule has 0 radical (unpaired) electrons. The van der Waals surface area contributed by atoms with Crippen molar-refractivity contribution in [1.82, 2.24) is 5.32 Å². The summed E-state index contributed by atoms with van der Waals surface area (Å²) in [6.45, 7) is 2.95. The van der Waals surface area contributed by atoms with E-state index in [4.69, 9.17) is 11.6 Å². The molecule has 1 rings (SSSR count). The molecule has 0 saturated carbocycles. The number of aliphatic hydroxyl groups excluding tert-OH is 1. The van der Waals surface area contributed by atoms with E-state index in [1.165, 1.54) is 12.1 Å². The van der Waals surface area contributed by atoms with Gasteiger partial charge in [0, 0.05) is 19.2 Å². The normalized spacial score (nSPS) is 12.4. The highest BCUT2D eigenvalue weighted by Crippen LogP contribution is 2.24. The van der Waals surface area contributed by atoms with Gasteiger partial charge in [0.2, 0.25) is 0 Å². The Labute approximate surface area is 111 Å². The first-order valence-corrected chi connectivity index (χ1v) is 6.24. The zero-order chi connectivity index (χ0) is 13.5. The molecule has 0 aromatic heterocycles. The average Bonchev–Trinajstić information content (AvgIpc) is 2.31. The van der Waals surface area contributed by atoms with Crippen molar-refractivity contribution in [3.8, 4) is 0 Å². The van der Waals surface area contributed by atoms with Crippen LogP contribution in [0.3, 0.4) is 0 Å². The molecule has 0 aliphatic rings. The fourth-order valence-electron chi connectivity index (χ4n) is 1.63. The number of benzene rings is 1. The predicted octanol–water partition coefficient (Wildman–Crippen LogP) is 2.50. The SMILES string of the molecule is CCCC(O)CNCc1ccc(Cl)c([N+](=O)[O-])c1. The molecule has 18 heavy (non-hydrogen) atoms. The Bertz CT molecular complexity index is 412. The standard InChI is InChI=1S/C12H17ClN2O3/c1-2-3-10(16)8-14-7-9-4-5-11(13)12(6-9)15(17)18/h4-6,10,14,16H,2-3,7-8H2,1H3. The smallest absolute Gasteiger partial charge is 0.288 e. The van der Waals surface area contributed by atoms with E-state index < -0.39 is 4.92 Å². The molecule has 1 aromatic rings. The van der Waals surface area contributed by atoms with E-state index in [1.807, 2.05) is 6.92 Å². The van der Waals surface area contributed by atoms with E-state index in [9.17, 15) is 15.2 Å². The average molecular weight is 273 g/mol. The van der Waals surface area contributed by atoms with Gasteiger partial charge in [-0.25, -0.2) is 0 Å². The van der Waals surface area contributed by atoms with E-state index >= 15 is 0 Å². The van der Waals surface area contributed by atoms with Crippen molar-refractivity contribution in [2.45, 2.75) is 32.4 Å². The summed E-state index contributed by atoms with van der Waals surface area (Å²) >= 11 is 5.71.